The van der Waals surface area contributed by atoms with E-state index in [1.807, 2.05) is 20.8 Å². The number of carbonyl (C=O) groups is 2. The number of hydrogen-bond acceptors (Lipinski definition) is 4. The largest absolute Gasteiger partial charge is 0.465 e. The van der Waals surface area contributed by atoms with Crippen molar-refractivity contribution < 1.29 is 19.1 Å². The van der Waals surface area contributed by atoms with E-state index in [1.165, 1.54) is 0 Å². The van der Waals surface area contributed by atoms with Crippen LogP contribution < -0.4 is 0 Å². The first-order valence-electron chi connectivity index (χ1n) is 7.16. The highest BCUT2D eigenvalue weighted by Gasteiger charge is 2.47. The van der Waals surface area contributed by atoms with Crippen molar-refractivity contribution in [1.82, 2.24) is 0 Å². The topological polar surface area (TPSA) is 52.6 Å². The molecule has 1 rings (SSSR count). The summed E-state index contributed by atoms with van der Waals surface area (Å²) in [5.41, 5.74) is -1.22. The third-order valence-corrected chi connectivity index (χ3v) is 3.52. The smallest absolute Gasteiger partial charge is 0.319 e. The van der Waals surface area contributed by atoms with Gasteiger partial charge in [-0.15, -0.1) is 0 Å². The Morgan fingerprint density at radius 3 is 2.53 bits per heavy atom. The van der Waals surface area contributed by atoms with Gasteiger partial charge in [0.1, 0.15) is 11.2 Å². The van der Waals surface area contributed by atoms with Gasteiger partial charge in [0.2, 0.25) is 0 Å². The van der Waals surface area contributed by atoms with Crippen LogP contribution in [0.15, 0.2) is 0 Å². The molecular weight excluding hydrogens is 244 g/mol. The Kier molecular flexibility index (Phi) is 5.53. The van der Waals surface area contributed by atoms with Gasteiger partial charge in [-0.05, 0) is 47.0 Å². The fraction of sp³-hybridized carbons (Fsp3) is 0.867. The minimum Gasteiger partial charge on any atom is -0.465 e. The van der Waals surface area contributed by atoms with E-state index in [1.54, 1.807) is 6.92 Å². The van der Waals surface area contributed by atoms with Gasteiger partial charge < -0.3 is 9.47 Å². The van der Waals surface area contributed by atoms with Crippen molar-refractivity contribution >= 4 is 11.8 Å². The molecule has 1 aliphatic carbocycles. The average molecular weight is 270 g/mol. The molecule has 0 aromatic rings. The zero-order valence-electron chi connectivity index (χ0n) is 12.6. The zero-order valence-corrected chi connectivity index (χ0v) is 12.6. The summed E-state index contributed by atoms with van der Waals surface area (Å²) in [4.78, 5) is 24.4. The molecule has 0 bridgehead atoms. The monoisotopic (exact) mass is 270 g/mol. The summed E-state index contributed by atoms with van der Waals surface area (Å²) in [7, 11) is 0. The van der Waals surface area contributed by atoms with Gasteiger partial charge in [-0.1, -0.05) is 6.42 Å². The second-order valence-corrected chi connectivity index (χ2v) is 6.14. The Morgan fingerprint density at radius 1 is 1.32 bits per heavy atom. The molecule has 0 heterocycles. The number of carbonyl (C=O) groups excluding carboxylic acids is 2. The van der Waals surface area contributed by atoms with E-state index in [-0.39, 0.29) is 17.4 Å². The second-order valence-electron chi connectivity index (χ2n) is 6.14. The summed E-state index contributed by atoms with van der Waals surface area (Å²) in [6.45, 7) is 8.39. The Balaban J connectivity index is 2.74. The maximum absolute atomic E-state index is 12.2. The Hall–Kier alpha value is -0.900. The van der Waals surface area contributed by atoms with Crippen molar-refractivity contribution in [2.75, 3.05) is 13.2 Å². The molecule has 4 nitrogen and oxygen atoms in total. The maximum Gasteiger partial charge on any atom is 0.319 e. The zero-order chi connectivity index (χ0) is 14.5. The highest BCUT2D eigenvalue weighted by Crippen LogP contribution is 2.38. The molecule has 0 aliphatic heterocycles. The molecule has 19 heavy (non-hydrogen) atoms. The first-order valence-corrected chi connectivity index (χ1v) is 7.16. The van der Waals surface area contributed by atoms with Crippen molar-refractivity contribution in [3.05, 3.63) is 0 Å². The minimum absolute atomic E-state index is 0.0229. The summed E-state index contributed by atoms with van der Waals surface area (Å²) < 4.78 is 10.8. The predicted octanol–water partition coefficient (Wildman–Crippen LogP) is 2.88. The number of ketones is 1. The SMILES string of the molecule is CCOC(=O)C1(CCOC(C)(C)C)CCCCC1=O. The van der Waals surface area contributed by atoms with Crippen LogP contribution in [0.5, 0.6) is 0 Å². The van der Waals surface area contributed by atoms with Crippen LogP contribution in [0.1, 0.15) is 59.8 Å². The number of esters is 1. The molecule has 1 atom stereocenters. The third kappa shape index (κ3) is 4.30. The van der Waals surface area contributed by atoms with Crippen LogP contribution in [0.2, 0.25) is 0 Å². The highest BCUT2D eigenvalue weighted by molar-refractivity contribution is 6.04. The van der Waals surface area contributed by atoms with Crippen LogP contribution in [0.25, 0.3) is 0 Å². The molecule has 0 amide bonds. The highest BCUT2D eigenvalue weighted by atomic mass is 16.5. The molecule has 0 aromatic carbocycles. The Morgan fingerprint density at radius 2 is 2.00 bits per heavy atom. The van der Waals surface area contributed by atoms with Gasteiger partial charge in [-0.3, -0.25) is 9.59 Å². The molecular formula is C15H26O4. The van der Waals surface area contributed by atoms with E-state index in [2.05, 4.69) is 0 Å². The predicted molar refractivity (Wildman–Crippen MR) is 72.9 cm³/mol. The summed E-state index contributed by atoms with van der Waals surface area (Å²) >= 11 is 0. The molecule has 110 valence electrons. The molecule has 1 saturated carbocycles. The quantitative estimate of drug-likeness (QED) is 0.569. The Labute approximate surface area is 115 Å². The fourth-order valence-electron chi connectivity index (χ4n) is 2.47. The van der Waals surface area contributed by atoms with Gasteiger partial charge in [0, 0.05) is 13.0 Å². The first-order chi connectivity index (χ1) is 8.82. The van der Waals surface area contributed by atoms with Crippen LogP contribution >= 0.6 is 0 Å². The number of rotatable bonds is 5. The average Bonchev–Trinajstić information content (AvgIpc) is 2.30. The van der Waals surface area contributed by atoms with Gasteiger partial charge in [0.15, 0.2) is 0 Å². The van der Waals surface area contributed by atoms with E-state index in [4.69, 9.17) is 9.47 Å². The first kappa shape index (κ1) is 16.2. The lowest BCUT2D eigenvalue weighted by molar-refractivity contribution is -0.164. The summed E-state index contributed by atoms with van der Waals surface area (Å²) in [6, 6.07) is 0. The van der Waals surface area contributed by atoms with Crippen LogP contribution in [0, 0.1) is 5.41 Å². The van der Waals surface area contributed by atoms with Gasteiger partial charge in [-0.25, -0.2) is 0 Å². The van der Waals surface area contributed by atoms with Crippen molar-refractivity contribution in [2.24, 2.45) is 5.41 Å². The minimum atomic E-state index is -0.959. The second kappa shape index (κ2) is 6.51. The van der Waals surface area contributed by atoms with Gasteiger partial charge >= 0.3 is 5.97 Å². The van der Waals surface area contributed by atoms with Crippen molar-refractivity contribution in [3.8, 4) is 0 Å². The van der Waals surface area contributed by atoms with Crippen molar-refractivity contribution in [1.29, 1.82) is 0 Å². The van der Waals surface area contributed by atoms with Crippen LogP contribution in [-0.4, -0.2) is 30.6 Å². The van der Waals surface area contributed by atoms with Crippen LogP contribution in [0.4, 0.5) is 0 Å². The van der Waals surface area contributed by atoms with Crippen LogP contribution in [0.3, 0.4) is 0 Å². The van der Waals surface area contributed by atoms with Gasteiger partial charge in [0.05, 0.1) is 12.2 Å². The maximum atomic E-state index is 12.2. The standard InChI is InChI=1S/C15H26O4/c1-5-18-13(17)15(9-7-6-8-12(15)16)10-11-19-14(2,3)4/h5-11H2,1-4H3. The molecule has 0 saturated heterocycles. The molecule has 0 N–H and O–H groups in total. The third-order valence-electron chi connectivity index (χ3n) is 3.52. The summed E-state index contributed by atoms with van der Waals surface area (Å²) in [5, 5.41) is 0. The lowest BCUT2D eigenvalue weighted by Gasteiger charge is -2.34. The van der Waals surface area contributed by atoms with Crippen molar-refractivity contribution in [2.45, 2.75) is 65.4 Å². The molecule has 0 spiro atoms. The summed E-state index contributed by atoms with van der Waals surface area (Å²) in [6.07, 6.45) is 3.29. The van der Waals surface area contributed by atoms with E-state index in [0.717, 1.165) is 12.8 Å². The number of Topliss-reactive ketones (excluding diaryl/α,β-unsaturated/α-hetero) is 1. The van der Waals surface area contributed by atoms with Gasteiger partial charge in [-0.2, -0.15) is 0 Å². The molecule has 0 aromatic heterocycles. The van der Waals surface area contributed by atoms with E-state index in [9.17, 15) is 9.59 Å². The number of ether oxygens (including phenoxy) is 2. The van der Waals surface area contributed by atoms with E-state index >= 15 is 0 Å². The van der Waals surface area contributed by atoms with E-state index in [0.29, 0.717) is 32.5 Å². The van der Waals surface area contributed by atoms with Crippen molar-refractivity contribution in [3.63, 3.8) is 0 Å². The molecule has 1 aliphatic rings. The molecule has 0 radical (unpaired) electrons. The molecule has 4 heteroatoms. The van der Waals surface area contributed by atoms with Gasteiger partial charge in [0.25, 0.3) is 0 Å². The normalized spacial score (nSPS) is 24.3. The molecule has 1 fully saturated rings. The lowest BCUT2D eigenvalue weighted by Crippen LogP contribution is -2.44. The summed E-state index contributed by atoms with van der Waals surface area (Å²) in [5.74, 6) is -0.341. The van der Waals surface area contributed by atoms with E-state index < -0.39 is 5.41 Å². The molecule has 1 unspecified atom stereocenters. The lowest BCUT2D eigenvalue weighted by atomic mass is 9.71. The number of hydrogen-bond donors (Lipinski definition) is 0. The van der Waals surface area contributed by atoms with Crippen LogP contribution in [-0.2, 0) is 19.1 Å². The fourth-order valence-corrected chi connectivity index (χ4v) is 2.47. The Bertz CT molecular complexity index is 330.